The van der Waals surface area contributed by atoms with Gasteiger partial charge in [-0.2, -0.15) is 0 Å². The van der Waals surface area contributed by atoms with Crippen molar-refractivity contribution in [3.8, 4) is 5.75 Å². The Hall–Kier alpha value is -0.850. The third-order valence-corrected chi connectivity index (χ3v) is 6.19. The smallest absolute Gasteiger partial charge is 0.266 e. The highest BCUT2D eigenvalue weighted by molar-refractivity contribution is 9.10. The Morgan fingerprint density at radius 2 is 2.09 bits per heavy atom. The van der Waals surface area contributed by atoms with Gasteiger partial charge < -0.3 is 4.74 Å². The number of nitrogens with zero attached hydrogens (tertiary/aromatic N) is 1. The molecule has 6 heteroatoms. The van der Waals surface area contributed by atoms with E-state index in [0.717, 1.165) is 28.6 Å². The number of carbonyl (C=O) groups is 1. The van der Waals surface area contributed by atoms with Crippen LogP contribution < -0.4 is 4.74 Å². The van der Waals surface area contributed by atoms with E-state index in [9.17, 15) is 4.79 Å². The van der Waals surface area contributed by atoms with Gasteiger partial charge in [-0.25, -0.2) is 0 Å². The average Bonchev–Trinajstić information content (AvgIpc) is 2.82. The second-order valence-corrected chi connectivity index (χ2v) is 8.27. The number of rotatable bonds is 3. The zero-order valence-electron chi connectivity index (χ0n) is 12.9. The van der Waals surface area contributed by atoms with Gasteiger partial charge in [0.25, 0.3) is 5.91 Å². The van der Waals surface area contributed by atoms with E-state index in [-0.39, 0.29) is 11.9 Å². The number of thioether (sulfide) groups is 1. The SMILES string of the molecule is COc1ccc(/C=C2/SC(=S)N(C3CCCCC3)C2=O)cc1Br. The third-order valence-electron chi connectivity index (χ3n) is 4.24. The van der Waals surface area contributed by atoms with Gasteiger partial charge in [0.2, 0.25) is 0 Å². The fraction of sp³-hybridized carbons (Fsp3) is 0.412. The molecule has 2 aliphatic rings. The monoisotopic (exact) mass is 411 g/mol. The molecule has 3 rings (SSSR count). The summed E-state index contributed by atoms with van der Waals surface area (Å²) in [4.78, 5) is 15.3. The van der Waals surface area contributed by atoms with Gasteiger partial charge in [0, 0.05) is 6.04 Å². The summed E-state index contributed by atoms with van der Waals surface area (Å²) in [6, 6.07) is 6.06. The van der Waals surface area contributed by atoms with Crippen LogP contribution >= 0.6 is 39.9 Å². The van der Waals surface area contributed by atoms with Crippen LogP contribution in [-0.4, -0.2) is 28.3 Å². The number of hydrogen-bond donors (Lipinski definition) is 0. The van der Waals surface area contributed by atoms with E-state index in [1.165, 1.54) is 31.0 Å². The van der Waals surface area contributed by atoms with Crippen molar-refractivity contribution in [1.29, 1.82) is 0 Å². The summed E-state index contributed by atoms with van der Waals surface area (Å²) in [5.74, 6) is 0.829. The van der Waals surface area contributed by atoms with Gasteiger partial charge in [0.1, 0.15) is 10.1 Å². The first-order chi connectivity index (χ1) is 11.1. The summed E-state index contributed by atoms with van der Waals surface area (Å²) >= 11 is 10.3. The molecule has 122 valence electrons. The van der Waals surface area contributed by atoms with Crippen molar-refractivity contribution < 1.29 is 9.53 Å². The molecule has 0 unspecified atom stereocenters. The Kier molecular flexibility index (Phi) is 5.44. The molecule has 1 saturated carbocycles. The Morgan fingerprint density at radius 3 is 2.74 bits per heavy atom. The number of thiocarbonyl (C=S) groups is 1. The molecule has 1 aromatic rings. The molecule has 2 fully saturated rings. The fourth-order valence-corrected chi connectivity index (χ4v) is 5.02. The molecule has 0 N–H and O–H groups in total. The highest BCUT2D eigenvalue weighted by atomic mass is 79.9. The Morgan fingerprint density at radius 1 is 1.35 bits per heavy atom. The molecular weight excluding hydrogens is 394 g/mol. The average molecular weight is 412 g/mol. The topological polar surface area (TPSA) is 29.5 Å². The molecule has 1 heterocycles. The predicted molar refractivity (Wildman–Crippen MR) is 103 cm³/mol. The van der Waals surface area contributed by atoms with Crippen LogP contribution in [0.4, 0.5) is 0 Å². The minimum atomic E-state index is 0.0545. The van der Waals surface area contributed by atoms with Crippen LogP contribution in [0.3, 0.4) is 0 Å². The number of ether oxygens (including phenoxy) is 1. The second-order valence-electron chi connectivity index (χ2n) is 5.74. The van der Waals surface area contributed by atoms with Crippen LogP contribution in [0.15, 0.2) is 27.6 Å². The van der Waals surface area contributed by atoms with Gasteiger partial charge in [0.15, 0.2) is 0 Å². The first-order valence-electron chi connectivity index (χ1n) is 7.71. The van der Waals surface area contributed by atoms with Crippen LogP contribution in [-0.2, 0) is 4.79 Å². The van der Waals surface area contributed by atoms with Crippen LogP contribution in [0.25, 0.3) is 6.08 Å². The lowest BCUT2D eigenvalue weighted by molar-refractivity contribution is -0.124. The van der Waals surface area contributed by atoms with Crippen LogP contribution in [0.5, 0.6) is 5.75 Å². The molecule has 23 heavy (non-hydrogen) atoms. The summed E-state index contributed by atoms with van der Waals surface area (Å²) in [6.45, 7) is 0. The maximum Gasteiger partial charge on any atom is 0.266 e. The van der Waals surface area contributed by atoms with E-state index in [0.29, 0.717) is 9.23 Å². The van der Waals surface area contributed by atoms with Crippen molar-refractivity contribution in [3.05, 3.63) is 33.1 Å². The lowest BCUT2D eigenvalue weighted by Crippen LogP contribution is -2.39. The van der Waals surface area contributed by atoms with Crippen LogP contribution in [0.1, 0.15) is 37.7 Å². The molecule has 1 aromatic carbocycles. The molecular formula is C17H18BrNO2S2. The van der Waals surface area contributed by atoms with Gasteiger partial charge in [-0.3, -0.25) is 9.69 Å². The highest BCUT2D eigenvalue weighted by Gasteiger charge is 2.37. The summed E-state index contributed by atoms with van der Waals surface area (Å²) in [7, 11) is 1.63. The molecule has 0 aromatic heterocycles. The normalized spacial score (nSPS) is 21.3. The van der Waals surface area contributed by atoms with Gasteiger partial charge in [-0.15, -0.1) is 0 Å². The highest BCUT2D eigenvalue weighted by Crippen LogP contribution is 2.37. The standard InChI is InChI=1S/C17H18BrNO2S2/c1-21-14-8-7-11(9-13(14)18)10-15-16(20)19(17(22)23-15)12-5-3-2-4-6-12/h7-10,12H,2-6H2,1H3/b15-10+. The largest absolute Gasteiger partial charge is 0.496 e. The summed E-state index contributed by atoms with van der Waals surface area (Å²) in [5.41, 5.74) is 0.960. The first kappa shape index (κ1) is 17.0. The molecule has 0 atom stereocenters. The predicted octanol–water partition coefficient (Wildman–Crippen LogP) is 4.99. The molecule has 0 bridgehead atoms. The maximum absolute atomic E-state index is 12.7. The van der Waals surface area contributed by atoms with Crippen LogP contribution in [0, 0.1) is 0 Å². The molecule has 1 aliphatic carbocycles. The quantitative estimate of drug-likeness (QED) is 0.517. The molecule has 3 nitrogen and oxygen atoms in total. The van der Waals surface area contributed by atoms with Crippen molar-refractivity contribution in [2.45, 2.75) is 38.1 Å². The number of hydrogen-bond acceptors (Lipinski definition) is 4. The van der Waals surface area contributed by atoms with E-state index in [2.05, 4.69) is 15.9 Å². The number of carbonyl (C=O) groups excluding carboxylic acids is 1. The van der Waals surface area contributed by atoms with Crippen molar-refractivity contribution >= 4 is 56.2 Å². The lowest BCUT2D eigenvalue weighted by Gasteiger charge is -2.29. The summed E-state index contributed by atoms with van der Waals surface area (Å²) in [5, 5.41) is 0. The number of methoxy groups -OCH3 is 1. The van der Waals surface area contributed by atoms with E-state index >= 15 is 0 Å². The second kappa shape index (κ2) is 7.36. The minimum absolute atomic E-state index is 0.0545. The summed E-state index contributed by atoms with van der Waals surface area (Å²) < 4.78 is 6.80. The molecule has 1 amide bonds. The van der Waals surface area contributed by atoms with E-state index in [1.54, 1.807) is 7.11 Å². The molecule has 1 aliphatic heterocycles. The lowest BCUT2D eigenvalue weighted by atomic mass is 9.94. The minimum Gasteiger partial charge on any atom is -0.496 e. The first-order valence-corrected chi connectivity index (χ1v) is 9.72. The van der Waals surface area contributed by atoms with Crippen LogP contribution in [0.2, 0.25) is 0 Å². The summed E-state index contributed by atoms with van der Waals surface area (Å²) in [6.07, 6.45) is 7.67. The number of halogens is 1. The van der Waals surface area contributed by atoms with Crippen molar-refractivity contribution in [2.75, 3.05) is 7.11 Å². The number of amides is 1. The van der Waals surface area contributed by atoms with Gasteiger partial charge in [-0.05, 0) is 52.5 Å². The fourth-order valence-electron chi connectivity index (χ4n) is 3.06. The third kappa shape index (κ3) is 3.64. The number of benzene rings is 1. The van der Waals surface area contributed by atoms with Crippen molar-refractivity contribution in [1.82, 2.24) is 4.90 Å². The van der Waals surface area contributed by atoms with Crippen molar-refractivity contribution in [3.63, 3.8) is 0 Å². The van der Waals surface area contributed by atoms with Gasteiger partial charge >= 0.3 is 0 Å². The van der Waals surface area contributed by atoms with Gasteiger partial charge in [0.05, 0.1) is 16.5 Å². The van der Waals surface area contributed by atoms with Gasteiger partial charge in [-0.1, -0.05) is 49.3 Å². The van der Waals surface area contributed by atoms with E-state index in [4.69, 9.17) is 17.0 Å². The molecule has 0 radical (unpaired) electrons. The van der Waals surface area contributed by atoms with E-state index in [1.807, 2.05) is 29.2 Å². The zero-order chi connectivity index (χ0) is 16.4. The Labute approximate surface area is 154 Å². The molecule has 1 saturated heterocycles. The Balaban J connectivity index is 1.82. The maximum atomic E-state index is 12.7. The van der Waals surface area contributed by atoms with E-state index < -0.39 is 0 Å². The Bertz CT molecular complexity index is 669. The molecule has 0 spiro atoms. The zero-order valence-corrected chi connectivity index (χ0v) is 16.1. The van der Waals surface area contributed by atoms with Crippen molar-refractivity contribution in [2.24, 2.45) is 0 Å².